The van der Waals surface area contributed by atoms with Crippen molar-refractivity contribution in [3.8, 4) is 0 Å². The largest absolute Gasteiger partial charge is 0.407 e. The lowest BCUT2D eigenvalue weighted by molar-refractivity contribution is -0.119. The smallest absolute Gasteiger partial charge is 0.315 e. The molecule has 0 aliphatic heterocycles. The highest BCUT2D eigenvalue weighted by atomic mass is 16.5. The van der Waals surface area contributed by atoms with Gasteiger partial charge in [0.25, 0.3) is 0 Å². The van der Waals surface area contributed by atoms with Gasteiger partial charge in [-0.3, -0.25) is 4.79 Å². The van der Waals surface area contributed by atoms with Crippen LogP contribution in [0.15, 0.2) is 4.42 Å². The van der Waals surface area contributed by atoms with Crippen molar-refractivity contribution >= 4 is 11.9 Å². The number of hydrogen-bond donors (Lipinski definition) is 3. The highest BCUT2D eigenvalue weighted by Crippen LogP contribution is 2.03. The number of rotatable bonds is 9. The number of ether oxygens (including phenoxy) is 1. The molecule has 0 spiro atoms. The van der Waals surface area contributed by atoms with Crippen LogP contribution in [-0.2, 0) is 16.1 Å². The number of amides is 1. The summed E-state index contributed by atoms with van der Waals surface area (Å²) >= 11 is 0. The van der Waals surface area contributed by atoms with Gasteiger partial charge in [0.05, 0.1) is 19.7 Å². The second kappa shape index (κ2) is 8.43. The van der Waals surface area contributed by atoms with E-state index in [9.17, 15) is 4.79 Å². The zero-order chi connectivity index (χ0) is 13.2. The van der Waals surface area contributed by atoms with Crippen LogP contribution in [0.4, 0.5) is 6.01 Å². The third kappa shape index (κ3) is 5.60. The minimum atomic E-state index is -0.154. The number of nitrogens with zero attached hydrogens (tertiary/aromatic N) is 2. The summed E-state index contributed by atoms with van der Waals surface area (Å²) in [5.74, 6) is 0.331. The summed E-state index contributed by atoms with van der Waals surface area (Å²) in [4.78, 5) is 11.3. The molecule has 0 aliphatic rings. The van der Waals surface area contributed by atoms with Gasteiger partial charge in [-0.25, -0.2) is 0 Å². The van der Waals surface area contributed by atoms with Crippen LogP contribution in [0.5, 0.6) is 0 Å². The summed E-state index contributed by atoms with van der Waals surface area (Å²) < 4.78 is 10.1. The van der Waals surface area contributed by atoms with Gasteiger partial charge in [-0.05, 0) is 6.54 Å². The predicted octanol–water partition coefficient (Wildman–Crippen LogP) is -0.646. The Bertz CT molecular complexity index is 355. The molecule has 0 radical (unpaired) electrons. The maximum Gasteiger partial charge on any atom is 0.315 e. The Morgan fingerprint density at radius 2 is 2.28 bits per heavy atom. The van der Waals surface area contributed by atoms with E-state index in [0.29, 0.717) is 25.6 Å². The van der Waals surface area contributed by atoms with Crippen molar-refractivity contribution in [3.63, 3.8) is 0 Å². The number of aromatic nitrogens is 2. The molecule has 0 bridgehead atoms. The molecule has 8 nitrogen and oxygen atoms in total. The summed E-state index contributed by atoms with van der Waals surface area (Å²) in [6, 6.07) is 0.241. The third-order valence-corrected chi connectivity index (χ3v) is 2.02. The number of methoxy groups -OCH3 is 1. The average molecular weight is 257 g/mol. The Labute approximate surface area is 105 Å². The van der Waals surface area contributed by atoms with E-state index in [1.54, 1.807) is 7.11 Å². The molecule has 1 amide bonds. The molecule has 0 unspecified atom stereocenters. The first-order chi connectivity index (χ1) is 8.76. The maximum atomic E-state index is 11.3. The summed E-state index contributed by atoms with van der Waals surface area (Å²) in [5, 5.41) is 16.1. The van der Waals surface area contributed by atoms with Gasteiger partial charge >= 0.3 is 6.01 Å². The SMILES string of the molecule is CCNCc1nnc(NCC(=O)NCCOC)o1. The van der Waals surface area contributed by atoms with E-state index in [-0.39, 0.29) is 18.5 Å². The lowest BCUT2D eigenvalue weighted by atomic mass is 10.5. The van der Waals surface area contributed by atoms with Crippen molar-refractivity contribution in [2.75, 3.05) is 38.7 Å². The van der Waals surface area contributed by atoms with Gasteiger partial charge in [0.2, 0.25) is 11.8 Å². The van der Waals surface area contributed by atoms with Crippen LogP contribution in [0.3, 0.4) is 0 Å². The predicted molar refractivity (Wildman–Crippen MR) is 65.1 cm³/mol. The van der Waals surface area contributed by atoms with E-state index in [0.717, 1.165) is 6.54 Å². The maximum absolute atomic E-state index is 11.3. The van der Waals surface area contributed by atoms with Gasteiger partial charge in [0.15, 0.2) is 0 Å². The Morgan fingerprint density at radius 1 is 1.44 bits per heavy atom. The second-order valence-corrected chi connectivity index (χ2v) is 3.48. The first-order valence-corrected chi connectivity index (χ1v) is 5.78. The van der Waals surface area contributed by atoms with E-state index >= 15 is 0 Å². The Morgan fingerprint density at radius 3 is 3.00 bits per heavy atom. The van der Waals surface area contributed by atoms with Gasteiger partial charge < -0.3 is 25.1 Å². The van der Waals surface area contributed by atoms with Gasteiger partial charge in [0, 0.05) is 13.7 Å². The van der Waals surface area contributed by atoms with Gasteiger partial charge in [-0.15, -0.1) is 5.10 Å². The molecule has 1 aromatic heterocycles. The summed E-state index contributed by atoms with van der Waals surface area (Å²) in [6.45, 7) is 4.39. The fraction of sp³-hybridized carbons (Fsp3) is 0.700. The molecule has 0 atom stereocenters. The lowest BCUT2D eigenvalue weighted by Crippen LogP contribution is -2.32. The number of anilines is 1. The molecule has 18 heavy (non-hydrogen) atoms. The molecule has 0 saturated heterocycles. The van der Waals surface area contributed by atoms with Crippen LogP contribution >= 0.6 is 0 Å². The lowest BCUT2D eigenvalue weighted by Gasteiger charge is -2.03. The zero-order valence-corrected chi connectivity index (χ0v) is 10.7. The minimum Gasteiger partial charge on any atom is -0.407 e. The first-order valence-electron chi connectivity index (χ1n) is 5.78. The fourth-order valence-electron chi connectivity index (χ4n) is 1.14. The Balaban J connectivity index is 2.21. The van der Waals surface area contributed by atoms with Crippen molar-refractivity contribution in [1.82, 2.24) is 20.8 Å². The van der Waals surface area contributed by atoms with Gasteiger partial charge in [-0.1, -0.05) is 12.0 Å². The molecule has 3 N–H and O–H groups in total. The molecular formula is C10H19N5O3. The molecule has 0 saturated carbocycles. The van der Waals surface area contributed by atoms with Crippen molar-refractivity contribution in [1.29, 1.82) is 0 Å². The van der Waals surface area contributed by atoms with Gasteiger partial charge in [0.1, 0.15) is 0 Å². The van der Waals surface area contributed by atoms with Crippen molar-refractivity contribution in [2.24, 2.45) is 0 Å². The van der Waals surface area contributed by atoms with Crippen molar-refractivity contribution in [2.45, 2.75) is 13.5 Å². The molecule has 0 fully saturated rings. The summed E-state index contributed by atoms with van der Waals surface area (Å²) in [6.07, 6.45) is 0. The highest BCUT2D eigenvalue weighted by Gasteiger charge is 2.06. The van der Waals surface area contributed by atoms with E-state index in [4.69, 9.17) is 9.15 Å². The first kappa shape index (κ1) is 14.4. The molecular weight excluding hydrogens is 238 g/mol. The molecule has 1 aromatic rings. The van der Waals surface area contributed by atoms with E-state index in [1.165, 1.54) is 0 Å². The number of carbonyl (C=O) groups is 1. The van der Waals surface area contributed by atoms with Crippen LogP contribution < -0.4 is 16.0 Å². The molecule has 102 valence electrons. The number of hydrogen-bond acceptors (Lipinski definition) is 7. The van der Waals surface area contributed by atoms with Crippen LogP contribution in [0.1, 0.15) is 12.8 Å². The van der Waals surface area contributed by atoms with E-state index in [1.807, 2.05) is 6.92 Å². The minimum absolute atomic E-state index is 0.0898. The monoisotopic (exact) mass is 257 g/mol. The molecule has 0 aromatic carbocycles. The fourth-order valence-corrected chi connectivity index (χ4v) is 1.14. The number of carbonyl (C=O) groups excluding carboxylic acids is 1. The van der Waals surface area contributed by atoms with E-state index in [2.05, 4.69) is 26.1 Å². The van der Waals surface area contributed by atoms with Crippen LogP contribution in [-0.4, -0.2) is 49.5 Å². The van der Waals surface area contributed by atoms with Crippen LogP contribution in [0.2, 0.25) is 0 Å². The summed E-state index contributed by atoms with van der Waals surface area (Å²) in [5.41, 5.74) is 0. The van der Waals surface area contributed by atoms with Gasteiger partial charge in [-0.2, -0.15) is 0 Å². The second-order valence-electron chi connectivity index (χ2n) is 3.48. The quantitative estimate of drug-likeness (QED) is 0.505. The molecule has 1 rings (SSSR count). The Kier molecular flexibility index (Phi) is 6.74. The third-order valence-electron chi connectivity index (χ3n) is 2.02. The topological polar surface area (TPSA) is 101 Å². The summed E-state index contributed by atoms with van der Waals surface area (Å²) in [7, 11) is 1.58. The van der Waals surface area contributed by atoms with Crippen molar-refractivity contribution < 1.29 is 13.9 Å². The normalized spacial score (nSPS) is 10.3. The average Bonchev–Trinajstić information content (AvgIpc) is 2.82. The van der Waals surface area contributed by atoms with Crippen LogP contribution in [0.25, 0.3) is 0 Å². The molecule has 0 aliphatic carbocycles. The zero-order valence-electron chi connectivity index (χ0n) is 10.7. The standard InChI is InChI=1S/C10H19N5O3/c1-3-11-7-9-14-15-10(18-9)13-6-8(16)12-4-5-17-2/h11H,3-7H2,1-2H3,(H,12,16)(H,13,15). The number of nitrogens with one attached hydrogen (secondary N) is 3. The molecule has 1 heterocycles. The Hall–Kier alpha value is -1.67. The van der Waals surface area contributed by atoms with Crippen LogP contribution in [0, 0.1) is 0 Å². The molecule has 8 heteroatoms. The highest BCUT2D eigenvalue weighted by molar-refractivity contribution is 5.79. The van der Waals surface area contributed by atoms with Crippen molar-refractivity contribution in [3.05, 3.63) is 5.89 Å². The van der Waals surface area contributed by atoms with E-state index < -0.39 is 0 Å².